The quantitative estimate of drug-likeness (QED) is 0.537. The fourth-order valence-corrected chi connectivity index (χ4v) is 2.90. The first-order valence-corrected chi connectivity index (χ1v) is 8.91. The van der Waals surface area contributed by atoms with Crippen molar-refractivity contribution in [3.63, 3.8) is 0 Å². The van der Waals surface area contributed by atoms with Crippen LogP contribution in [0.4, 0.5) is 5.95 Å². The van der Waals surface area contributed by atoms with E-state index in [1.165, 1.54) is 11.6 Å². The summed E-state index contributed by atoms with van der Waals surface area (Å²) in [7, 11) is 3.03. The van der Waals surface area contributed by atoms with Crippen LogP contribution in [0.1, 0.15) is 25.8 Å². The summed E-state index contributed by atoms with van der Waals surface area (Å²) in [5.41, 5.74) is 4.38. The van der Waals surface area contributed by atoms with Crippen LogP contribution in [0.25, 0.3) is 11.2 Å². The zero-order valence-corrected chi connectivity index (χ0v) is 16.4. The van der Waals surface area contributed by atoms with E-state index in [2.05, 4.69) is 15.5 Å². The lowest BCUT2D eigenvalue weighted by Gasteiger charge is -2.10. The SMILES string of the molecule is CCC(C)=NNc1nc2c(c(=O)n(C)c(=O)n2C)n1Cc1ccccc1Cl. The maximum absolute atomic E-state index is 12.8. The minimum Gasteiger partial charge on any atom is -0.298 e. The molecular formula is C18H21ClN6O2. The number of hydrazone groups is 1. The summed E-state index contributed by atoms with van der Waals surface area (Å²) in [6.45, 7) is 4.20. The van der Waals surface area contributed by atoms with Gasteiger partial charge in [-0.15, -0.1) is 0 Å². The van der Waals surface area contributed by atoms with Gasteiger partial charge >= 0.3 is 5.69 Å². The number of benzene rings is 1. The average Bonchev–Trinajstić information content (AvgIpc) is 3.03. The molecule has 3 aromatic rings. The largest absolute Gasteiger partial charge is 0.332 e. The molecule has 0 unspecified atom stereocenters. The van der Waals surface area contributed by atoms with Gasteiger partial charge in [-0.25, -0.2) is 10.2 Å². The molecule has 0 saturated heterocycles. The van der Waals surface area contributed by atoms with E-state index in [-0.39, 0.29) is 0 Å². The number of aryl methyl sites for hydroxylation is 1. The summed E-state index contributed by atoms with van der Waals surface area (Å²) in [4.78, 5) is 29.5. The maximum atomic E-state index is 12.8. The van der Waals surface area contributed by atoms with E-state index >= 15 is 0 Å². The lowest BCUT2D eigenvalue weighted by Crippen LogP contribution is -2.37. The number of anilines is 1. The van der Waals surface area contributed by atoms with Crippen LogP contribution in [-0.2, 0) is 20.6 Å². The molecule has 0 radical (unpaired) electrons. The lowest BCUT2D eigenvalue weighted by molar-refractivity contribution is 0.702. The summed E-state index contributed by atoms with van der Waals surface area (Å²) < 4.78 is 4.11. The van der Waals surface area contributed by atoms with Gasteiger partial charge in [-0.1, -0.05) is 36.7 Å². The van der Waals surface area contributed by atoms with Gasteiger partial charge in [0.2, 0.25) is 5.95 Å². The van der Waals surface area contributed by atoms with E-state index in [9.17, 15) is 9.59 Å². The first kappa shape index (κ1) is 18.9. The summed E-state index contributed by atoms with van der Waals surface area (Å²) in [6.07, 6.45) is 0.776. The smallest absolute Gasteiger partial charge is 0.298 e. The van der Waals surface area contributed by atoms with Crippen LogP contribution in [0.2, 0.25) is 5.02 Å². The fraction of sp³-hybridized carbons (Fsp3) is 0.333. The molecule has 0 spiro atoms. The number of aromatic nitrogens is 4. The highest BCUT2D eigenvalue weighted by Crippen LogP contribution is 2.22. The Morgan fingerprint density at radius 2 is 1.93 bits per heavy atom. The summed E-state index contributed by atoms with van der Waals surface area (Å²) in [5, 5.41) is 4.87. The van der Waals surface area contributed by atoms with Crippen molar-refractivity contribution in [1.29, 1.82) is 0 Å². The van der Waals surface area contributed by atoms with Gasteiger partial charge in [0.15, 0.2) is 11.2 Å². The van der Waals surface area contributed by atoms with Crippen LogP contribution < -0.4 is 16.7 Å². The lowest BCUT2D eigenvalue weighted by atomic mass is 10.2. The number of fused-ring (bicyclic) bond motifs is 1. The zero-order valence-electron chi connectivity index (χ0n) is 15.7. The van der Waals surface area contributed by atoms with Crippen molar-refractivity contribution in [2.45, 2.75) is 26.8 Å². The van der Waals surface area contributed by atoms with Crippen molar-refractivity contribution in [2.24, 2.45) is 19.2 Å². The van der Waals surface area contributed by atoms with Crippen LogP contribution in [-0.4, -0.2) is 24.4 Å². The molecule has 0 bridgehead atoms. The molecule has 142 valence electrons. The van der Waals surface area contributed by atoms with Crippen LogP contribution in [0.15, 0.2) is 39.0 Å². The molecule has 1 N–H and O–H groups in total. The van der Waals surface area contributed by atoms with Crippen LogP contribution in [0, 0.1) is 0 Å². The second-order valence-corrected chi connectivity index (χ2v) is 6.71. The van der Waals surface area contributed by atoms with Gasteiger partial charge in [0.1, 0.15) is 0 Å². The molecule has 2 aromatic heterocycles. The maximum Gasteiger partial charge on any atom is 0.332 e. The second-order valence-electron chi connectivity index (χ2n) is 6.30. The molecule has 9 heteroatoms. The van der Waals surface area contributed by atoms with Crippen LogP contribution >= 0.6 is 11.6 Å². The Bertz CT molecular complexity index is 1160. The highest BCUT2D eigenvalue weighted by atomic mass is 35.5. The molecule has 0 aliphatic carbocycles. The molecule has 8 nitrogen and oxygen atoms in total. The minimum absolute atomic E-state index is 0.294. The molecule has 0 aliphatic rings. The van der Waals surface area contributed by atoms with Crippen molar-refractivity contribution >= 4 is 34.4 Å². The van der Waals surface area contributed by atoms with Gasteiger partial charge in [0, 0.05) is 24.8 Å². The van der Waals surface area contributed by atoms with Gasteiger partial charge in [0.25, 0.3) is 5.56 Å². The summed E-state index contributed by atoms with van der Waals surface area (Å²) in [6, 6.07) is 7.39. The molecule has 0 atom stereocenters. The van der Waals surface area contributed by atoms with Crippen molar-refractivity contribution in [2.75, 3.05) is 5.43 Å². The number of imidazole rings is 1. The average molecular weight is 389 g/mol. The van der Waals surface area contributed by atoms with E-state index < -0.39 is 11.2 Å². The van der Waals surface area contributed by atoms with Crippen LogP contribution in [0.3, 0.4) is 0 Å². The Morgan fingerprint density at radius 1 is 1.22 bits per heavy atom. The molecule has 3 rings (SSSR count). The molecule has 2 heterocycles. The predicted octanol–water partition coefficient (Wildman–Crippen LogP) is 2.33. The van der Waals surface area contributed by atoms with E-state index in [1.807, 2.05) is 32.0 Å². The first-order valence-electron chi connectivity index (χ1n) is 8.54. The number of nitrogens with one attached hydrogen (secondary N) is 1. The van der Waals surface area contributed by atoms with Gasteiger partial charge in [-0.05, 0) is 25.0 Å². The topological polar surface area (TPSA) is 86.2 Å². The van der Waals surface area contributed by atoms with Crippen molar-refractivity contribution in [1.82, 2.24) is 18.7 Å². The van der Waals surface area contributed by atoms with Gasteiger partial charge in [0.05, 0.1) is 6.54 Å². The summed E-state index contributed by atoms with van der Waals surface area (Å²) in [5.74, 6) is 0.371. The third-order valence-corrected chi connectivity index (χ3v) is 4.86. The third-order valence-electron chi connectivity index (χ3n) is 4.49. The molecular weight excluding hydrogens is 368 g/mol. The van der Waals surface area contributed by atoms with Gasteiger partial charge in [-0.2, -0.15) is 10.1 Å². The summed E-state index contributed by atoms with van der Waals surface area (Å²) >= 11 is 6.30. The molecule has 1 aromatic carbocycles. The fourth-order valence-electron chi connectivity index (χ4n) is 2.71. The van der Waals surface area contributed by atoms with Crippen molar-refractivity contribution < 1.29 is 0 Å². The number of hydrogen-bond acceptors (Lipinski definition) is 5. The highest BCUT2D eigenvalue weighted by Gasteiger charge is 2.19. The van der Waals surface area contributed by atoms with E-state index in [0.717, 1.165) is 22.3 Å². The van der Waals surface area contributed by atoms with Gasteiger partial charge < -0.3 is 0 Å². The molecule has 0 fully saturated rings. The molecule has 0 saturated carbocycles. The molecule has 0 amide bonds. The third kappa shape index (κ3) is 3.40. The van der Waals surface area contributed by atoms with Crippen molar-refractivity contribution in [3.05, 3.63) is 55.7 Å². The van der Waals surface area contributed by atoms with E-state index in [0.29, 0.717) is 28.7 Å². The Kier molecular flexibility index (Phi) is 5.18. The number of rotatable bonds is 5. The predicted molar refractivity (Wildman–Crippen MR) is 108 cm³/mol. The molecule has 0 aliphatic heterocycles. The standard InChI is InChI=1S/C18H21ClN6O2/c1-5-11(2)21-22-17-20-15-14(16(26)24(4)18(27)23(15)3)25(17)10-12-8-6-7-9-13(12)19/h6-9H,5,10H2,1-4H3,(H,20,22). The zero-order chi connectivity index (χ0) is 19.7. The monoisotopic (exact) mass is 388 g/mol. The minimum atomic E-state index is -0.435. The van der Waals surface area contributed by atoms with Crippen molar-refractivity contribution in [3.8, 4) is 0 Å². The van der Waals surface area contributed by atoms with Gasteiger partial charge in [-0.3, -0.25) is 18.5 Å². The first-order chi connectivity index (χ1) is 12.8. The van der Waals surface area contributed by atoms with E-state index in [4.69, 9.17) is 11.6 Å². The van der Waals surface area contributed by atoms with Crippen LogP contribution in [0.5, 0.6) is 0 Å². The molecule has 27 heavy (non-hydrogen) atoms. The number of halogens is 1. The second kappa shape index (κ2) is 7.40. The Hall–Kier alpha value is -2.87. The Morgan fingerprint density at radius 3 is 2.59 bits per heavy atom. The normalized spacial score (nSPS) is 12.0. The Balaban J connectivity index is 2.28. The Labute approximate surface area is 160 Å². The number of hydrogen-bond donors (Lipinski definition) is 1. The number of nitrogens with zero attached hydrogens (tertiary/aromatic N) is 5. The highest BCUT2D eigenvalue weighted by molar-refractivity contribution is 6.31. The van der Waals surface area contributed by atoms with E-state index in [1.54, 1.807) is 17.7 Å².